The molecule has 1 nitrogen and oxygen atoms in total. The minimum Gasteiger partial charge on any atom is -0.248 e. The van der Waals surface area contributed by atoms with Gasteiger partial charge in [0, 0.05) is 10.9 Å². The molecule has 0 unspecified atom stereocenters. The Morgan fingerprint density at radius 2 is 1.37 bits per heavy atom. The fourth-order valence-corrected chi connectivity index (χ4v) is 4.88. The first kappa shape index (κ1) is 25.7. The van der Waals surface area contributed by atoms with E-state index in [2.05, 4.69) is 43.3 Å². The van der Waals surface area contributed by atoms with Gasteiger partial charge >= 0.3 is 6.18 Å². The lowest BCUT2D eigenvalue weighted by atomic mass is 9.95. The molecule has 0 saturated carbocycles. The van der Waals surface area contributed by atoms with E-state index < -0.39 is 11.7 Å². The zero-order valence-electron chi connectivity index (χ0n) is 21.4. The quantitative estimate of drug-likeness (QED) is 0.190. The maximum atomic E-state index is 13.5. The summed E-state index contributed by atoms with van der Waals surface area (Å²) < 4.78 is 40.5. The van der Waals surface area contributed by atoms with Crippen LogP contribution in [-0.4, -0.2) is 4.98 Å². The van der Waals surface area contributed by atoms with E-state index in [-0.39, 0.29) is 0 Å². The number of unbranched alkanes of at least 4 members (excludes halogenated alkanes) is 3. The zero-order chi connectivity index (χ0) is 26.5. The Morgan fingerprint density at radius 1 is 0.632 bits per heavy atom. The van der Waals surface area contributed by atoms with Crippen molar-refractivity contribution in [3.63, 3.8) is 0 Å². The summed E-state index contributed by atoms with van der Waals surface area (Å²) in [5.74, 6) is 0. The number of aromatic nitrogens is 1. The first-order valence-corrected chi connectivity index (χ1v) is 13.2. The van der Waals surface area contributed by atoms with Gasteiger partial charge in [-0.2, -0.15) is 13.2 Å². The lowest BCUT2D eigenvalue weighted by Crippen LogP contribution is -2.04. The van der Waals surface area contributed by atoms with Crippen molar-refractivity contribution in [3.8, 4) is 33.5 Å². The Hall–Kier alpha value is -3.92. The SMILES string of the molecule is CCCCCCc1ccc(-c2cccc(-c3cc(-c4ccccc4)c4cc(C(F)(F)F)ccc4n3)c2)cc1. The van der Waals surface area contributed by atoms with Gasteiger partial charge in [0.25, 0.3) is 0 Å². The highest BCUT2D eigenvalue weighted by molar-refractivity contribution is 5.97. The molecule has 0 aliphatic rings. The van der Waals surface area contributed by atoms with Crippen molar-refractivity contribution < 1.29 is 13.2 Å². The van der Waals surface area contributed by atoms with Gasteiger partial charge in [0.05, 0.1) is 16.8 Å². The van der Waals surface area contributed by atoms with Gasteiger partial charge in [0.2, 0.25) is 0 Å². The summed E-state index contributed by atoms with van der Waals surface area (Å²) in [6, 6.07) is 32.1. The molecule has 0 radical (unpaired) electrons. The van der Waals surface area contributed by atoms with E-state index in [1.807, 2.05) is 48.5 Å². The van der Waals surface area contributed by atoms with E-state index in [9.17, 15) is 13.2 Å². The number of aryl methyl sites for hydroxylation is 1. The molecule has 1 aromatic heterocycles. The maximum Gasteiger partial charge on any atom is 0.416 e. The zero-order valence-corrected chi connectivity index (χ0v) is 21.4. The summed E-state index contributed by atoms with van der Waals surface area (Å²) in [5, 5.41) is 0.487. The smallest absolute Gasteiger partial charge is 0.248 e. The van der Waals surface area contributed by atoms with E-state index in [4.69, 9.17) is 4.98 Å². The molecule has 0 aliphatic carbocycles. The van der Waals surface area contributed by atoms with E-state index in [1.54, 1.807) is 0 Å². The van der Waals surface area contributed by atoms with Crippen LogP contribution in [0, 0.1) is 0 Å². The third kappa shape index (κ3) is 5.80. The Labute approximate surface area is 222 Å². The van der Waals surface area contributed by atoms with Crippen LogP contribution in [-0.2, 0) is 12.6 Å². The number of hydrogen-bond acceptors (Lipinski definition) is 1. The van der Waals surface area contributed by atoms with Crippen LogP contribution < -0.4 is 0 Å². The van der Waals surface area contributed by atoms with Crippen LogP contribution in [0.3, 0.4) is 0 Å². The molecule has 5 rings (SSSR count). The van der Waals surface area contributed by atoms with Gasteiger partial charge in [-0.3, -0.25) is 0 Å². The third-order valence-corrected chi connectivity index (χ3v) is 6.99. The molecule has 192 valence electrons. The number of alkyl halides is 3. The predicted octanol–water partition coefficient (Wildman–Crippen LogP) is 10.4. The average Bonchev–Trinajstić information content (AvgIpc) is 2.95. The van der Waals surface area contributed by atoms with Crippen molar-refractivity contribution >= 4 is 10.9 Å². The van der Waals surface area contributed by atoms with E-state index in [0.717, 1.165) is 46.0 Å². The molecule has 1 heterocycles. The van der Waals surface area contributed by atoms with Crippen molar-refractivity contribution in [1.82, 2.24) is 4.98 Å². The van der Waals surface area contributed by atoms with Crippen LogP contribution in [0.15, 0.2) is 103 Å². The second-order valence-corrected chi connectivity index (χ2v) is 9.74. The summed E-state index contributed by atoms with van der Waals surface area (Å²) in [5.41, 5.74) is 6.65. The first-order chi connectivity index (χ1) is 18.4. The number of hydrogen-bond donors (Lipinski definition) is 0. The second kappa shape index (κ2) is 11.2. The molecule has 0 bridgehead atoms. The molecule has 38 heavy (non-hydrogen) atoms. The third-order valence-electron chi connectivity index (χ3n) is 6.99. The molecule has 0 atom stereocenters. The van der Waals surface area contributed by atoms with Crippen molar-refractivity contribution in [2.75, 3.05) is 0 Å². The number of benzene rings is 4. The molecular weight excluding hydrogens is 479 g/mol. The van der Waals surface area contributed by atoms with Crippen LogP contribution in [0.2, 0.25) is 0 Å². The molecule has 0 aliphatic heterocycles. The summed E-state index contributed by atoms with van der Waals surface area (Å²) in [6.45, 7) is 2.22. The molecule has 4 aromatic carbocycles. The minimum absolute atomic E-state index is 0.487. The van der Waals surface area contributed by atoms with Gasteiger partial charge in [-0.05, 0) is 71.0 Å². The number of halogens is 3. The highest BCUT2D eigenvalue weighted by Gasteiger charge is 2.31. The monoisotopic (exact) mass is 509 g/mol. The molecule has 0 saturated heterocycles. The van der Waals surface area contributed by atoms with Crippen molar-refractivity contribution in [2.24, 2.45) is 0 Å². The summed E-state index contributed by atoms with van der Waals surface area (Å²) in [4.78, 5) is 4.79. The summed E-state index contributed by atoms with van der Waals surface area (Å²) in [6.07, 6.45) is 1.68. The highest BCUT2D eigenvalue weighted by atomic mass is 19.4. The van der Waals surface area contributed by atoms with Gasteiger partial charge < -0.3 is 0 Å². The van der Waals surface area contributed by atoms with Crippen molar-refractivity contribution in [1.29, 1.82) is 0 Å². The molecule has 5 aromatic rings. The van der Waals surface area contributed by atoms with Crippen LogP contribution in [0.5, 0.6) is 0 Å². The molecule has 0 fully saturated rings. The Kier molecular flexibility index (Phi) is 7.59. The van der Waals surface area contributed by atoms with Crippen molar-refractivity contribution in [2.45, 2.75) is 45.2 Å². The normalized spacial score (nSPS) is 11.7. The second-order valence-electron chi connectivity index (χ2n) is 9.74. The lowest BCUT2D eigenvalue weighted by Gasteiger charge is -2.14. The lowest BCUT2D eigenvalue weighted by molar-refractivity contribution is -0.137. The van der Waals surface area contributed by atoms with Crippen molar-refractivity contribution in [3.05, 3.63) is 114 Å². The first-order valence-electron chi connectivity index (χ1n) is 13.2. The summed E-state index contributed by atoms with van der Waals surface area (Å²) in [7, 11) is 0. The van der Waals surface area contributed by atoms with Gasteiger partial charge in [0.15, 0.2) is 0 Å². The minimum atomic E-state index is -4.42. The molecule has 0 amide bonds. The van der Waals surface area contributed by atoms with Gasteiger partial charge in [-0.15, -0.1) is 0 Å². The Morgan fingerprint density at radius 3 is 2.11 bits per heavy atom. The van der Waals surface area contributed by atoms with E-state index >= 15 is 0 Å². The molecule has 0 spiro atoms. The fraction of sp³-hybridized carbons (Fsp3) is 0.206. The van der Waals surface area contributed by atoms with Gasteiger partial charge in [-0.25, -0.2) is 4.98 Å². The highest BCUT2D eigenvalue weighted by Crippen LogP contribution is 2.37. The molecule has 0 N–H and O–H groups in total. The molecule has 4 heteroatoms. The number of nitrogens with zero attached hydrogens (tertiary/aromatic N) is 1. The van der Waals surface area contributed by atoms with E-state index in [1.165, 1.54) is 43.4 Å². The van der Waals surface area contributed by atoms with Crippen LogP contribution in [0.1, 0.15) is 43.7 Å². The topological polar surface area (TPSA) is 12.9 Å². The maximum absolute atomic E-state index is 13.5. The average molecular weight is 510 g/mol. The Bertz CT molecular complexity index is 1520. The van der Waals surface area contributed by atoms with Crippen LogP contribution >= 0.6 is 0 Å². The van der Waals surface area contributed by atoms with Gasteiger partial charge in [-0.1, -0.05) is 99.0 Å². The largest absolute Gasteiger partial charge is 0.416 e. The van der Waals surface area contributed by atoms with Crippen LogP contribution in [0.25, 0.3) is 44.4 Å². The number of fused-ring (bicyclic) bond motifs is 1. The Balaban J connectivity index is 1.52. The molecular formula is C34H30F3N. The summed E-state index contributed by atoms with van der Waals surface area (Å²) >= 11 is 0. The predicted molar refractivity (Wildman–Crippen MR) is 151 cm³/mol. The number of rotatable bonds is 8. The fourth-order valence-electron chi connectivity index (χ4n) is 4.88. The van der Waals surface area contributed by atoms with E-state index in [0.29, 0.717) is 10.9 Å². The number of pyridine rings is 1. The van der Waals surface area contributed by atoms with Crippen LogP contribution in [0.4, 0.5) is 13.2 Å². The van der Waals surface area contributed by atoms with Gasteiger partial charge in [0.1, 0.15) is 0 Å². The standard InChI is InChI=1S/C34H30F3N/c1-2-3-4-6-10-24-15-17-25(18-16-24)27-13-9-14-28(21-27)33-23-30(26-11-7-5-8-12-26)31-22-29(34(35,36)37)19-20-32(31)38-33/h5,7-9,11-23H,2-4,6,10H2,1H3.